The summed E-state index contributed by atoms with van der Waals surface area (Å²) in [6.45, 7) is 3.51. The van der Waals surface area contributed by atoms with Gasteiger partial charge in [-0.2, -0.15) is 0 Å². The summed E-state index contributed by atoms with van der Waals surface area (Å²) in [5, 5.41) is 0. The van der Waals surface area contributed by atoms with Crippen molar-refractivity contribution >= 4 is 5.78 Å². The van der Waals surface area contributed by atoms with Crippen molar-refractivity contribution in [2.24, 2.45) is 0 Å². The Morgan fingerprint density at radius 2 is 1.92 bits per heavy atom. The summed E-state index contributed by atoms with van der Waals surface area (Å²) in [6, 6.07) is 4.82. The maximum atomic E-state index is 12.0. The van der Waals surface area contributed by atoms with Gasteiger partial charge in [-0.1, -0.05) is 23.8 Å². The van der Waals surface area contributed by atoms with Gasteiger partial charge in [-0.25, -0.2) is 8.78 Å². The van der Waals surface area contributed by atoms with E-state index in [0.717, 1.165) is 5.56 Å². The van der Waals surface area contributed by atoms with Gasteiger partial charge in [0.2, 0.25) is 5.78 Å². The topological polar surface area (TPSA) is 17.1 Å². The van der Waals surface area contributed by atoms with Crippen molar-refractivity contribution in [1.29, 1.82) is 0 Å². The first-order valence-corrected chi connectivity index (χ1v) is 3.92. The van der Waals surface area contributed by atoms with Crippen LogP contribution >= 0.6 is 0 Å². The van der Waals surface area contributed by atoms with Crippen LogP contribution in [0, 0.1) is 13.8 Å². The molecule has 0 bridgehead atoms. The highest BCUT2D eigenvalue weighted by molar-refractivity contribution is 5.99. The molecule has 1 aromatic carbocycles. The number of Topliss-reactive ketones (excluding diaryl/α,β-unsaturated/α-hetero) is 1. The number of benzene rings is 1. The fourth-order valence-corrected chi connectivity index (χ4v) is 1.21. The first-order chi connectivity index (χ1) is 6.02. The molecule has 0 saturated heterocycles. The SMILES string of the molecule is Cc1ccc(C(=O)C(F)F)c(C)c1. The summed E-state index contributed by atoms with van der Waals surface area (Å²) in [7, 11) is 0. The average Bonchev–Trinajstić information content (AvgIpc) is 2.03. The zero-order chi connectivity index (χ0) is 10.0. The van der Waals surface area contributed by atoms with E-state index < -0.39 is 12.2 Å². The fraction of sp³-hybridized carbons (Fsp3) is 0.300. The predicted molar refractivity (Wildman–Crippen MR) is 46.3 cm³/mol. The minimum atomic E-state index is -2.92. The van der Waals surface area contributed by atoms with Crippen LogP contribution in [-0.4, -0.2) is 12.2 Å². The largest absolute Gasteiger partial charge is 0.300 e. The maximum Gasteiger partial charge on any atom is 0.300 e. The normalized spacial score (nSPS) is 10.5. The van der Waals surface area contributed by atoms with Gasteiger partial charge in [0.25, 0.3) is 0 Å². The van der Waals surface area contributed by atoms with Crippen molar-refractivity contribution in [2.75, 3.05) is 0 Å². The predicted octanol–water partition coefficient (Wildman–Crippen LogP) is 2.75. The van der Waals surface area contributed by atoms with E-state index in [1.165, 1.54) is 6.07 Å². The second kappa shape index (κ2) is 3.64. The fourth-order valence-electron chi connectivity index (χ4n) is 1.21. The third-order valence-electron chi connectivity index (χ3n) is 1.85. The van der Waals surface area contributed by atoms with Crippen LogP contribution in [0.1, 0.15) is 21.5 Å². The van der Waals surface area contributed by atoms with Crippen LogP contribution in [0.4, 0.5) is 8.78 Å². The van der Waals surface area contributed by atoms with Crippen molar-refractivity contribution in [3.8, 4) is 0 Å². The molecule has 0 heterocycles. The molecule has 0 unspecified atom stereocenters. The molecule has 70 valence electrons. The van der Waals surface area contributed by atoms with Crippen LogP contribution in [-0.2, 0) is 0 Å². The Labute approximate surface area is 75.4 Å². The van der Waals surface area contributed by atoms with Gasteiger partial charge in [0, 0.05) is 5.56 Å². The molecule has 0 aliphatic rings. The lowest BCUT2D eigenvalue weighted by atomic mass is 10.0. The van der Waals surface area contributed by atoms with Gasteiger partial charge in [-0.15, -0.1) is 0 Å². The van der Waals surface area contributed by atoms with Crippen LogP contribution in [0.3, 0.4) is 0 Å². The number of carbonyl (C=O) groups is 1. The minimum Gasteiger partial charge on any atom is -0.288 e. The Hall–Kier alpha value is -1.25. The van der Waals surface area contributed by atoms with E-state index in [0.29, 0.717) is 5.56 Å². The summed E-state index contributed by atoms with van der Waals surface area (Å²) in [6.07, 6.45) is -2.92. The van der Waals surface area contributed by atoms with E-state index in [2.05, 4.69) is 0 Å². The molecule has 0 N–H and O–H groups in total. The number of aryl methyl sites for hydroxylation is 2. The van der Waals surface area contributed by atoms with E-state index in [1.54, 1.807) is 19.1 Å². The summed E-state index contributed by atoms with van der Waals surface area (Å²) < 4.78 is 24.1. The minimum absolute atomic E-state index is 0.112. The van der Waals surface area contributed by atoms with Crippen molar-refractivity contribution < 1.29 is 13.6 Å². The summed E-state index contributed by atoms with van der Waals surface area (Å²) in [5.41, 5.74) is 1.68. The number of hydrogen-bond donors (Lipinski definition) is 0. The van der Waals surface area contributed by atoms with Gasteiger partial charge in [0.15, 0.2) is 0 Å². The Morgan fingerprint density at radius 3 is 2.38 bits per heavy atom. The highest BCUT2D eigenvalue weighted by Gasteiger charge is 2.18. The van der Waals surface area contributed by atoms with Crippen molar-refractivity contribution in [3.05, 3.63) is 34.9 Å². The quantitative estimate of drug-likeness (QED) is 0.646. The molecule has 1 nitrogen and oxygen atoms in total. The standard InChI is InChI=1S/C10H10F2O/c1-6-3-4-8(7(2)5-6)9(13)10(11)12/h3-5,10H,1-2H3. The van der Waals surface area contributed by atoms with Gasteiger partial charge >= 0.3 is 6.43 Å². The average molecular weight is 184 g/mol. The number of rotatable bonds is 2. The van der Waals surface area contributed by atoms with Crippen LogP contribution in [0.2, 0.25) is 0 Å². The zero-order valence-corrected chi connectivity index (χ0v) is 7.47. The molecule has 0 fully saturated rings. The molecule has 1 aromatic rings. The van der Waals surface area contributed by atoms with Crippen molar-refractivity contribution in [1.82, 2.24) is 0 Å². The van der Waals surface area contributed by atoms with Gasteiger partial charge in [-0.3, -0.25) is 4.79 Å². The van der Waals surface area contributed by atoms with Crippen molar-refractivity contribution in [3.63, 3.8) is 0 Å². The molecule has 0 aliphatic heterocycles. The van der Waals surface area contributed by atoms with Gasteiger partial charge in [-0.05, 0) is 19.4 Å². The molecule has 0 spiro atoms. The van der Waals surface area contributed by atoms with E-state index in [4.69, 9.17) is 0 Å². The van der Waals surface area contributed by atoms with E-state index in [9.17, 15) is 13.6 Å². The maximum absolute atomic E-state index is 12.0. The molecular formula is C10H10F2O. The van der Waals surface area contributed by atoms with E-state index in [1.807, 2.05) is 6.92 Å². The molecule has 1 rings (SSSR count). The van der Waals surface area contributed by atoms with Gasteiger partial charge in [0.05, 0.1) is 0 Å². The van der Waals surface area contributed by atoms with Gasteiger partial charge < -0.3 is 0 Å². The highest BCUT2D eigenvalue weighted by atomic mass is 19.3. The first kappa shape index (κ1) is 9.84. The second-order valence-corrected chi connectivity index (χ2v) is 2.98. The van der Waals surface area contributed by atoms with Crippen LogP contribution in [0.5, 0.6) is 0 Å². The van der Waals surface area contributed by atoms with Crippen molar-refractivity contribution in [2.45, 2.75) is 20.3 Å². The molecule has 13 heavy (non-hydrogen) atoms. The lowest BCUT2D eigenvalue weighted by molar-refractivity contribution is 0.0678. The molecule has 0 saturated carbocycles. The van der Waals surface area contributed by atoms with E-state index >= 15 is 0 Å². The molecule has 3 heteroatoms. The smallest absolute Gasteiger partial charge is 0.288 e. The Bertz CT molecular complexity index is 332. The molecule has 0 aromatic heterocycles. The Morgan fingerprint density at radius 1 is 1.31 bits per heavy atom. The summed E-state index contributed by atoms with van der Waals surface area (Å²) in [5.74, 6) is -1.10. The monoisotopic (exact) mass is 184 g/mol. The van der Waals surface area contributed by atoms with Crippen LogP contribution < -0.4 is 0 Å². The molecule has 0 amide bonds. The molecule has 0 radical (unpaired) electrons. The number of carbonyl (C=O) groups excluding carboxylic acids is 1. The highest BCUT2D eigenvalue weighted by Crippen LogP contribution is 2.14. The summed E-state index contributed by atoms with van der Waals surface area (Å²) in [4.78, 5) is 10.9. The zero-order valence-electron chi connectivity index (χ0n) is 7.47. The van der Waals surface area contributed by atoms with Crippen LogP contribution in [0.15, 0.2) is 18.2 Å². The third-order valence-corrected chi connectivity index (χ3v) is 1.85. The molecule has 0 aliphatic carbocycles. The molecular weight excluding hydrogens is 174 g/mol. The van der Waals surface area contributed by atoms with E-state index in [-0.39, 0.29) is 5.56 Å². The molecule has 0 atom stereocenters. The third kappa shape index (κ3) is 2.11. The number of ketones is 1. The lowest BCUT2D eigenvalue weighted by Gasteiger charge is -2.04. The second-order valence-electron chi connectivity index (χ2n) is 2.98. The van der Waals surface area contributed by atoms with Crippen LogP contribution in [0.25, 0.3) is 0 Å². The van der Waals surface area contributed by atoms with Gasteiger partial charge in [0.1, 0.15) is 0 Å². The first-order valence-electron chi connectivity index (χ1n) is 3.92. The number of halogens is 2. The summed E-state index contributed by atoms with van der Waals surface area (Å²) >= 11 is 0. The lowest BCUT2D eigenvalue weighted by Crippen LogP contribution is -2.11. The number of alkyl halides is 2. The Kier molecular flexibility index (Phi) is 2.76. The Balaban J connectivity index is 3.09. The number of hydrogen-bond acceptors (Lipinski definition) is 1.